The molecule has 2 rings (SSSR count). The molecule has 0 amide bonds. The van der Waals surface area contributed by atoms with E-state index in [1.54, 1.807) is 6.07 Å². The Hall–Kier alpha value is -0.980. The summed E-state index contributed by atoms with van der Waals surface area (Å²) in [6.45, 7) is 4.71. The van der Waals surface area contributed by atoms with Crippen molar-refractivity contribution in [2.45, 2.75) is 19.4 Å². The zero-order valence-corrected chi connectivity index (χ0v) is 13.2. The van der Waals surface area contributed by atoms with Crippen LogP contribution in [0.1, 0.15) is 24.9 Å². The smallest absolute Gasteiger partial charge is 0.151 e. The molecule has 118 valence electrons. The molecule has 21 heavy (non-hydrogen) atoms. The molecule has 1 saturated heterocycles. The van der Waals surface area contributed by atoms with Crippen LogP contribution in [0.3, 0.4) is 0 Å². The second kappa shape index (κ2) is 7.33. The van der Waals surface area contributed by atoms with Crippen LogP contribution in [0.2, 0.25) is 0 Å². The van der Waals surface area contributed by atoms with Gasteiger partial charge in [0.2, 0.25) is 0 Å². The molecule has 0 bridgehead atoms. The molecule has 0 spiro atoms. The first-order chi connectivity index (χ1) is 10.0. The van der Waals surface area contributed by atoms with Crippen molar-refractivity contribution >= 4 is 9.84 Å². The summed E-state index contributed by atoms with van der Waals surface area (Å²) in [5.41, 5.74) is 0.898. The van der Waals surface area contributed by atoms with Crippen LogP contribution < -0.4 is 5.32 Å². The Labute approximate surface area is 126 Å². The molecule has 4 nitrogen and oxygen atoms in total. The third-order valence-corrected chi connectivity index (χ3v) is 5.63. The zero-order chi connectivity index (χ0) is 15.3. The minimum atomic E-state index is -2.98. The summed E-state index contributed by atoms with van der Waals surface area (Å²) in [6, 6.07) is 6.59. The third-order valence-electron chi connectivity index (χ3n) is 3.79. The molecule has 1 aromatic carbocycles. The maximum absolute atomic E-state index is 13.4. The Bertz CT molecular complexity index is 563. The van der Waals surface area contributed by atoms with Gasteiger partial charge in [-0.25, -0.2) is 12.8 Å². The lowest BCUT2D eigenvalue weighted by Crippen LogP contribution is -2.47. The maximum atomic E-state index is 13.4. The van der Waals surface area contributed by atoms with Gasteiger partial charge in [0.25, 0.3) is 0 Å². The van der Waals surface area contributed by atoms with Crippen LogP contribution in [0.4, 0.5) is 4.39 Å². The van der Waals surface area contributed by atoms with Gasteiger partial charge in [-0.2, -0.15) is 0 Å². The van der Waals surface area contributed by atoms with Gasteiger partial charge in [0.15, 0.2) is 9.84 Å². The average Bonchev–Trinajstić information content (AvgIpc) is 2.45. The fraction of sp³-hybridized carbons (Fsp3) is 0.600. The minimum Gasteiger partial charge on any atom is -0.314 e. The summed E-state index contributed by atoms with van der Waals surface area (Å²) < 4.78 is 37.1. The molecular weight excluding hydrogens is 291 g/mol. The van der Waals surface area contributed by atoms with E-state index >= 15 is 0 Å². The third kappa shape index (κ3) is 4.76. The van der Waals surface area contributed by atoms with Gasteiger partial charge in [-0.15, -0.1) is 0 Å². The van der Waals surface area contributed by atoms with Gasteiger partial charge in [-0.05, 0) is 24.1 Å². The van der Waals surface area contributed by atoms with Gasteiger partial charge in [-0.1, -0.05) is 19.1 Å². The predicted octanol–water partition coefficient (Wildman–Crippen LogP) is 1.60. The van der Waals surface area contributed by atoms with E-state index in [0.717, 1.165) is 25.2 Å². The number of piperazine rings is 1. The molecule has 1 heterocycles. The first-order valence-electron chi connectivity index (χ1n) is 7.42. The largest absolute Gasteiger partial charge is 0.314 e. The monoisotopic (exact) mass is 314 g/mol. The standard InChI is InChI=1S/C15H23FN2O2S/c1-2-9-21(19,20)10-8-18-7-6-17-12-15(18)13-4-3-5-14(16)11-13/h3-5,11,15,17H,2,6-10,12H2,1H3. The Morgan fingerprint density at radius 1 is 1.38 bits per heavy atom. The number of benzene rings is 1. The van der Waals surface area contributed by atoms with E-state index in [4.69, 9.17) is 0 Å². The molecule has 1 N–H and O–H groups in total. The molecule has 0 saturated carbocycles. The van der Waals surface area contributed by atoms with Crippen molar-refractivity contribution in [1.82, 2.24) is 10.2 Å². The van der Waals surface area contributed by atoms with Crippen LogP contribution in [0, 0.1) is 5.82 Å². The number of nitrogens with zero attached hydrogens (tertiary/aromatic N) is 1. The van der Waals surface area contributed by atoms with Crippen molar-refractivity contribution in [3.05, 3.63) is 35.6 Å². The Morgan fingerprint density at radius 3 is 2.90 bits per heavy atom. The Morgan fingerprint density at radius 2 is 2.19 bits per heavy atom. The van der Waals surface area contributed by atoms with Gasteiger partial charge in [0, 0.05) is 38.0 Å². The highest BCUT2D eigenvalue weighted by atomic mass is 32.2. The summed E-state index contributed by atoms with van der Waals surface area (Å²) in [4.78, 5) is 2.14. The summed E-state index contributed by atoms with van der Waals surface area (Å²) in [6.07, 6.45) is 0.650. The summed E-state index contributed by atoms with van der Waals surface area (Å²) in [5, 5.41) is 3.29. The lowest BCUT2D eigenvalue weighted by molar-refractivity contribution is 0.171. The summed E-state index contributed by atoms with van der Waals surface area (Å²) >= 11 is 0. The van der Waals surface area contributed by atoms with E-state index in [1.165, 1.54) is 12.1 Å². The van der Waals surface area contributed by atoms with Crippen LogP contribution >= 0.6 is 0 Å². The van der Waals surface area contributed by atoms with E-state index < -0.39 is 9.84 Å². The second-order valence-corrected chi connectivity index (χ2v) is 7.77. The molecule has 1 fully saturated rings. The Balaban J connectivity index is 2.06. The lowest BCUT2D eigenvalue weighted by atomic mass is 10.0. The maximum Gasteiger partial charge on any atom is 0.151 e. The van der Waals surface area contributed by atoms with Crippen molar-refractivity contribution in [2.75, 3.05) is 37.7 Å². The zero-order valence-electron chi connectivity index (χ0n) is 12.4. The van der Waals surface area contributed by atoms with Gasteiger partial charge in [0.05, 0.1) is 5.75 Å². The van der Waals surface area contributed by atoms with Gasteiger partial charge >= 0.3 is 0 Å². The van der Waals surface area contributed by atoms with Gasteiger partial charge < -0.3 is 5.32 Å². The molecule has 0 radical (unpaired) electrons. The fourth-order valence-electron chi connectivity index (χ4n) is 2.73. The van der Waals surface area contributed by atoms with Crippen molar-refractivity contribution in [3.8, 4) is 0 Å². The Kier molecular flexibility index (Phi) is 5.72. The van der Waals surface area contributed by atoms with Crippen molar-refractivity contribution in [1.29, 1.82) is 0 Å². The second-order valence-electron chi connectivity index (χ2n) is 5.46. The molecule has 6 heteroatoms. The minimum absolute atomic E-state index is 0.0336. The topological polar surface area (TPSA) is 49.4 Å². The molecule has 1 unspecified atom stereocenters. The number of rotatable bonds is 6. The first kappa shape index (κ1) is 16.4. The highest BCUT2D eigenvalue weighted by Gasteiger charge is 2.25. The highest BCUT2D eigenvalue weighted by molar-refractivity contribution is 7.91. The van der Waals surface area contributed by atoms with Gasteiger partial charge in [-0.3, -0.25) is 4.90 Å². The van der Waals surface area contributed by atoms with E-state index in [1.807, 2.05) is 13.0 Å². The normalized spacial score (nSPS) is 20.6. The summed E-state index contributed by atoms with van der Waals surface area (Å²) in [5.74, 6) is 0.160. The fourth-order valence-corrected chi connectivity index (χ4v) is 4.06. The molecule has 1 aliphatic heterocycles. The number of nitrogens with one attached hydrogen (secondary N) is 1. The van der Waals surface area contributed by atoms with Crippen molar-refractivity contribution < 1.29 is 12.8 Å². The van der Waals surface area contributed by atoms with E-state index in [9.17, 15) is 12.8 Å². The molecule has 0 aliphatic carbocycles. The number of sulfone groups is 1. The average molecular weight is 314 g/mol. The van der Waals surface area contributed by atoms with Crippen LogP contribution in [-0.2, 0) is 9.84 Å². The molecule has 1 aromatic rings. The number of halogens is 1. The number of hydrogen-bond acceptors (Lipinski definition) is 4. The first-order valence-corrected chi connectivity index (χ1v) is 9.24. The molecule has 0 aromatic heterocycles. The van der Waals surface area contributed by atoms with Crippen LogP contribution in [0.5, 0.6) is 0 Å². The van der Waals surface area contributed by atoms with Crippen LogP contribution in [-0.4, -0.2) is 51.0 Å². The van der Waals surface area contributed by atoms with E-state index in [0.29, 0.717) is 13.0 Å². The highest BCUT2D eigenvalue weighted by Crippen LogP contribution is 2.22. The molecule has 1 aliphatic rings. The van der Waals surface area contributed by atoms with Crippen molar-refractivity contribution in [3.63, 3.8) is 0 Å². The SMILES string of the molecule is CCCS(=O)(=O)CCN1CCNCC1c1cccc(F)c1. The molecular formula is C15H23FN2O2S. The van der Waals surface area contributed by atoms with Crippen molar-refractivity contribution in [2.24, 2.45) is 0 Å². The quantitative estimate of drug-likeness (QED) is 0.866. The van der Waals surface area contributed by atoms with Crippen LogP contribution in [0.15, 0.2) is 24.3 Å². The van der Waals surface area contributed by atoms with Crippen LogP contribution in [0.25, 0.3) is 0 Å². The number of hydrogen-bond donors (Lipinski definition) is 1. The van der Waals surface area contributed by atoms with E-state index in [-0.39, 0.29) is 23.4 Å². The lowest BCUT2D eigenvalue weighted by Gasteiger charge is -2.36. The molecule has 1 atom stereocenters. The predicted molar refractivity (Wildman–Crippen MR) is 82.5 cm³/mol. The van der Waals surface area contributed by atoms with E-state index in [2.05, 4.69) is 10.2 Å². The van der Waals surface area contributed by atoms with Gasteiger partial charge in [0.1, 0.15) is 5.82 Å². The summed E-state index contributed by atoms with van der Waals surface area (Å²) in [7, 11) is -2.98.